The number of carbonyl (C=O) groups excluding carboxylic acids is 3. The monoisotopic (exact) mass is 448 g/mol. The lowest BCUT2D eigenvalue weighted by Gasteiger charge is -2.18. The van der Waals surface area contributed by atoms with Crippen molar-refractivity contribution in [3.8, 4) is 0 Å². The number of carbonyl (C=O) groups is 3. The Morgan fingerprint density at radius 2 is 1.96 bits per heavy atom. The van der Waals surface area contributed by atoms with E-state index in [0.29, 0.717) is 30.5 Å². The van der Waals surface area contributed by atoms with Crippen molar-refractivity contribution < 1.29 is 19.6 Å². The second kappa shape index (κ2) is 11.2. The lowest BCUT2D eigenvalue weighted by Crippen LogP contribution is -2.43. The number of nitrogens with one attached hydrogen (secondary N) is 3. The maximum Gasteiger partial charge on any atom is 0.253 e. The zero-order chi connectivity index (χ0) is 20.4. The molecule has 148 valence electrons. The van der Waals surface area contributed by atoms with Crippen molar-refractivity contribution in [2.45, 2.75) is 31.7 Å². The van der Waals surface area contributed by atoms with Crippen molar-refractivity contribution in [1.29, 1.82) is 0 Å². The van der Waals surface area contributed by atoms with Gasteiger partial charge in [-0.2, -0.15) is 0 Å². The third-order valence-corrected chi connectivity index (χ3v) is 4.40. The van der Waals surface area contributed by atoms with E-state index in [0.717, 1.165) is 4.47 Å². The molecule has 0 spiro atoms. The lowest BCUT2D eigenvalue weighted by molar-refractivity contribution is -0.129. The zero-order valence-corrected chi connectivity index (χ0v) is 16.6. The fourth-order valence-corrected chi connectivity index (χ4v) is 2.89. The molecule has 28 heavy (non-hydrogen) atoms. The number of amides is 3. The Bertz CT molecular complexity index is 817. The summed E-state index contributed by atoms with van der Waals surface area (Å²) in [6.45, 7) is 0. The van der Waals surface area contributed by atoms with Crippen LogP contribution in [0.25, 0.3) is 0 Å². The lowest BCUT2D eigenvalue weighted by atomic mass is 10.1. The maximum absolute atomic E-state index is 12.7. The quantitative estimate of drug-likeness (QED) is 0.267. The molecule has 1 aromatic heterocycles. The van der Waals surface area contributed by atoms with Crippen LogP contribution in [0.2, 0.25) is 0 Å². The van der Waals surface area contributed by atoms with Crippen molar-refractivity contribution in [3.63, 3.8) is 0 Å². The van der Waals surface area contributed by atoms with E-state index in [9.17, 15) is 14.4 Å². The molecule has 1 heterocycles. The topological polar surface area (TPSA) is 120 Å². The molecule has 9 heteroatoms. The Hall–Kier alpha value is -2.78. The summed E-state index contributed by atoms with van der Waals surface area (Å²) in [5.41, 5.74) is 2.51. The van der Waals surface area contributed by atoms with E-state index in [1.807, 2.05) is 6.07 Å². The molecular weight excluding hydrogens is 428 g/mol. The van der Waals surface area contributed by atoms with E-state index in [-0.39, 0.29) is 12.3 Å². The summed E-state index contributed by atoms with van der Waals surface area (Å²) in [7, 11) is 0. The number of halogens is 1. The summed E-state index contributed by atoms with van der Waals surface area (Å²) < 4.78 is 0.816. The Balaban J connectivity index is 2.02. The molecule has 0 aliphatic heterocycles. The smallest absolute Gasteiger partial charge is 0.253 e. The van der Waals surface area contributed by atoms with Crippen LogP contribution in [0.15, 0.2) is 53.3 Å². The number of hydrogen-bond donors (Lipinski definition) is 4. The second-order valence-corrected chi connectivity index (χ2v) is 6.96. The molecule has 4 N–H and O–H groups in total. The van der Waals surface area contributed by atoms with E-state index in [1.165, 1.54) is 6.20 Å². The Kier molecular flexibility index (Phi) is 8.57. The SMILES string of the molecule is O=C(CCCCC(NC(=O)c1cccnc1)C(=O)Nc1cccc(Br)c1)NO. The molecule has 3 amide bonds. The minimum atomic E-state index is -0.788. The zero-order valence-electron chi connectivity index (χ0n) is 15.0. The van der Waals surface area contributed by atoms with Gasteiger partial charge in [-0.3, -0.25) is 24.6 Å². The van der Waals surface area contributed by atoms with Crippen LogP contribution in [0.5, 0.6) is 0 Å². The molecule has 0 fully saturated rings. The van der Waals surface area contributed by atoms with Gasteiger partial charge in [0.2, 0.25) is 11.8 Å². The molecule has 1 unspecified atom stereocenters. The normalized spacial score (nSPS) is 11.4. The summed E-state index contributed by atoms with van der Waals surface area (Å²) in [6, 6.07) is 9.58. The van der Waals surface area contributed by atoms with Crippen molar-refractivity contribution in [2.24, 2.45) is 0 Å². The minimum Gasteiger partial charge on any atom is -0.340 e. The van der Waals surface area contributed by atoms with Gasteiger partial charge in [0.15, 0.2) is 0 Å². The fraction of sp³-hybridized carbons (Fsp3) is 0.263. The number of nitrogens with zero attached hydrogens (tertiary/aromatic N) is 1. The number of aromatic nitrogens is 1. The van der Waals surface area contributed by atoms with Gasteiger partial charge in [-0.05, 0) is 43.2 Å². The molecule has 0 saturated carbocycles. The number of hydroxylamine groups is 1. The van der Waals surface area contributed by atoms with Gasteiger partial charge < -0.3 is 10.6 Å². The number of rotatable bonds is 9. The van der Waals surface area contributed by atoms with Crippen LogP contribution in [0, 0.1) is 0 Å². The van der Waals surface area contributed by atoms with Crippen molar-refractivity contribution in [1.82, 2.24) is 15.8 Å². The summed E-state index contributed by atoms with van der Waals surface area (Å²) in [5, 5.41) is 14.0. The van der Waals surface area contributed by atoms with Crippen LogP contribution < -0.4 is 16.1 Å². The van der Waals surface area contributed by atoms with E-state index < -0.39 is 17.9 Å². The standard InChI is InChI=1S/C19H21BrN4O4/c20-14-6-3-7-15(11-14)22-19(27)16(8-1-2-9-17(25)24-28)23-18(26)13-5-4-10-21-12-13/h3-7,10-12,16,28H,1-2,8-9H2,(H,22,27)(H,23,26)(H,24,25). The second-order valence-electron chi connectivity index (χ2n) is 6.05. The number of anilines is 1. The third kappa shape index (κ3) is 7.09. The average molecular weight is 449 g/mol. The van der Waals surface area contributed by atoms with Gasteiger partial charge in [0.25, 0.3) is 5.91 Å². The fourth-order valence-electron chi connectivity index (χ4n) is 2.49. The van der Waals surface area contributed by atoms with E-state index in [2.05, 4.69) is 31.5 Å². The first-order valence-corrected chi connectivity index (χ1v) is 9.49. The van der Waals surface area contributed by atoms with Crippen LogP contribution in [0.4, 0.5) is 5.69 Å². The van der Waals surface area contributed by atoms with Gasteiger partial charge in [0.05, 0.1) is 5.56 Å². The van der Waals surface area contributed by atoms with Gasteiger partial charge in [-0.15, -0.1) is 0 Å². The molecule has 1 aromatic carbocycles. The maximum atomic E-state index is 12.7. The highest BCUT2D eigenvalue weighted by Gasteiger charge is 2.21. The van der Waals surface area contributed by atoms with Crippen LogP contribution in [0.3, 0.4) is 0 Å². The largest absolute Gasteiger partial charge is 0.340 e. The van der Waals surface area contributed by atoms with Crippen LogP contribution in [-0.2, 0) is 9.59 Å². The molecule has 0 aliphatic carbocycles. The molecule has 0 radical (unpaired) electrons. The first-order valence-electron chi connectivity index (χ1n) is 8.70. The highest BCUT2D eigenvalue weighted by molar-refractivity contribution is 9.10. The number of pyridine rings is 1. The van der Waals surface area contributed by atoms with Gasteiger partial charge in [0.1, 0.15) is 6.04 Å². The van der Waals surface area contributed by atoms with Gasteiger partial charge >= 0.3 is 0 Å². The van der Waals surface area contributed by atoms with Crippen molar-refractivity contribution in [2.75, 3.05) is 5.32 Å². The van der Waals surface area contributed by atoms with Crippen LogP contribution >= 0.6 is 15.9 Å². The predicted octanol–water partition coefficient (Wildman–Crippen LogP) is 2.65. The van der Waals surface area contributed by atoms with Gasteiger partial charge in [0, 0.05) is 29.0 Å². The van der Waals surface area contributed by atoms with Crippen molar-refractivity contribution >= 4 is 39.3 Å². The number of hydrogen-bond acceptors (Lipinski definition) is 5. The molecule has 0 bridgehead atoms. The minimum absolute atomic E-state index is 0.132. The molecular formula is C19H21BrN4O4. The summed E-state index contributed by atoms with van der Waals surface area (Å²) in [6.07, 6.45) is 4.43. The predicted molar refractivity (Wildman–Crippen MR) is 107 cm³/mol. The average Bonchev–Trinajstić information content (AvgIpc) is 2.70. The van der Waals surface area contributed by atoms with E-state index >= 15 is 0 Å². The molecule has 2 rings (SSSR count). The highest BCUT2D eigenvalue weighted by Crippen LogP contribution is 2.16. The summed E-state index contributed by atoms with van der Waals surface area (Å²) in [4.78, 5) is 40.1. The summed E-state index contributed by atoms with van der Waals surface area (Å²) >= 11 is 3.35. The van der Waals surface area contributed by atoms with Crippen molar-refractivity contribution in [3.05, 3.63) is 58.8 Å². The Morgan fingerprint density at radius 1 is 1.14 bits per heavy atom. The number of unbranched alkanes of at least 4 members (excludes halogenated alkanes) is 1. The van der Waals surface area contributed by atoms with Gasteiger partial charge in [-0.1, -0.05) is 28.4 Å². The summed E-state index contributed by atoms with van der Waals surface area (Å²) in [5.74, 6) is -1.26. The van der Waals surface area contributed by atoms with E-state index in [4.69, 9.17) is 5.21 Å². The molecule has 8 nitrogen and oxygen atoms in total. The van der Waals surface area contributed by atoms with Gasteiger partial charge in [-0.25, -0.2) is 5.48 Å². The first kappa shape index (κ1) is 21.5. The van der Waals surface area contributed by atoms with Crippen LogP contribution in [0.1, 0.15) is 36.0 Å². The highest BCUT2D eigenvalue weighted by atomic mass is 79.9. The molecule has 0 aliphatic rings. The Morgan fingerprint density at radius 3 is 2.64 bits per heavy atom. The molecule has 2 aromatic rings. The molecule has 1 atom stereocenters. The van der Waals surface area contributed by atoms with E-state index in [1.54, 1.807) is 42.0 Å². The first-order chi connectivity index (χ1) is 13.5. The Labute approximate surface area is 170 Å². The third-order valence-electron chi connectivity index (χ3n) is 3.91. The molecule has 0 saturated heterocycles. The van der Waals surface area contributed by atoms with Crippen LogP contribution in [-0.4, -0.2) is 34.0 Å². The number of benzene rings is 1.